The molecule has 0 aliphatic heterocycles. The molecular formula is C17H32O3. The van der Waals surface area contributed by atoms with Gasteiger partial charge in [-0.3, -0.25) is 0 Å². The van der Waals surface area contributed by atoms with E-state index in [0.717, 1.165) is 6.42 Å². The molecule has 20 heavy (non-hydrogen) atoms. The average Bonchev–Trinajstić information content (AvgIpc) is 2.46. The first-order valence-electron chi connectivity index (χ1n) is 8.04. The van der Waals surface area contributed by atoms with Gasteiger partial charge in [-0.15, -0.1) is 0 Å². The number of esters is 1. The van der Waals surface area contributed by atoms with Gasteiger partial charge in [0.1, 0.15) is 0 Å². The molecule has 0 rings (SSSR count). The molecule has 3 nitrogen and oxygen atoms in total. The highest BCUT2D eigenvalue weighted by atomic mass is 16.6. The van der Waals surface area contributed by atoms with Gasteiger partial charge in [0.2, 0.25) is 0 Å². The number of hydrogen-bond donors (Lipinski definition) is 0. The number of rotatable bonds is 12. The Morgan fingerprint density at radius 3 is 2.20 bits per heavy atom. The fraction of sp³-hybridized carbons (Fsp3) is 0.824. The Morgan fingerprint density at radius 2 is 1.65 bits per heavy atom. The molecule has 0 fully saturated rings. The van der Waals surface area contributed by atoms with E-state index in [9.17, 15) is 4.79 Å². The van der Waals surface area contributed by atoms with E-state index in [0.29, 0.717) is 6.42 Å². The molecule has 0 N–H and O–H groups in total. The lowest BCUT2D eigenvalue weighted by Crippen LogP contribution is -2.22. The van der Waals surface area contributed by atoms with Crippen LogP contribution in [0.5, 0.6) is 0 Å². The zero-order valence-electron chi connectivity index (χ0n) is 13.7. The minimum atomic E-state index is -0.469. The van der Waals surface area contributed by atoms with E-state index in [4.69, 9.17) is 4.74 Å². The van der Waals surface area contributed by atoms with E-state index < -0.39 is 6.10 Å². The Labute approximate surface area is 124 Å². The Hall–Kier alpha value is -0.990. The Kier molecular flexibility index (Phi) is 12.4. The molecule has 0 saturated heterocycles. The van der Waals surface area contributed by atoms with E-state index in [2.05, 4.69) is 18.6 Å². The lowest BCUT2D eigenvalue weighted by atomic mass is 10.1. The molecular weight excluding hydrogens is 252 g/mol. The summed E-state index contributed by atoms with van der Waals surface area (Å²) >= 11 is 0. The second-order valence-electron chi connectivity index (χ2n) is 5.39. The summed E-state index contributed by atoms with van der Waals surface area (Å²) in [6.45, 7) is 6.22. The predicted octanol–water partition coefficient (Wildman–Crippen LogP) is 5.00. The summed E-state index contributed by atoms with van der Waals surface area (Å²) in [6, 6.07) is 0. The van der Waals surface area contributed by atoms with Crippen molar-refractivity contribution in [1.82, 2.24) is 0 Å². The molecule has 1 atom stereocenters. The highest BCUT2D eigenvalue weighted by Gasteiger charge is 2.16. The molecule has 0 heterocycles. The van der Waals surface area contributed by atoms with Crippen LogP contribution in [-0.2, 0) is 14.3 Å². The average molecular weight is 284 g/mol. The lowest BCUT2D eigenvalue weighted by Gasteiger charge is -2.12. The Bertz CT molecular complexity index is 271. The maximum absolute atomic E-state index is 11.4. The number of hydrogen-bond acceptors (Lipinski definition) is 3. The number of unbranched alkanes of at least 4 members (excludes halogenated alkanes) is 6. The molecule has 1 unspecified atom stereocenters. The minimum Gasteiger partial charge on any atom is -0.486 e. The lowest BCUT2D eigenvalue weighted by molar-refractivity contribution is -0.150. The third-order valence-corrected chi connectivity index (χ3v) is 3.44. The largest absolute Gasteiger partial charge is 0.486 e. The quantitative estimate of drug-likeness (QED) is 0.287. The van der Waals surface area contributed by atoms with Crippen molar-refractivity contribution in [1.29, 1.82) is 0 Å². The molecule has 3 heteroatoms. The van der Waals surface area contributed by atoms with E-state index in [1.54, 1.807) is 6.26 Å². The van der Waals surface area contributed by atoms with Crippen LogP contribution in [0.2, 0.25) is 0 Å². The van der Waals surface area contributed by atoms with Gasteiger partial charge in [-0.25, -0.2) is 4.79 Å². The monoisotopic (exact) mass is 284 g/mol. The second-order valence-corrected chi connectivity index (χ2v) is 5.39. The van der Waals surface area contributed by atoms with Crippen molar-refractivity contribution >= 4 is 5.97 Å². The molecule has 0 bridgehead atoms. The first-order valence-corrected chi connectivity index (χ1v) is 8.04. The SMILES string of the molecule is CCCCCCCCCC(C)=COC(CC)C(=O)OC. The second kappa shape index (κ2) is 13.0. The van der Waals surface area contributed by atoms with Crippen LogP contribution in [0.3, 0.4) is 0 Å². The van der Waals surface area contributed by atoms with E-state index in [1.807, 2.05) is 6.92 Å². The van der Waals surface area contributed by atoms with Gasteiger partial charge in [0.15, 0.2) is 6.10 Å². The summed E-state index contributed by atoms with van der Waals surface area (Å²) < 4.78 is 10.2. The van der Waals surface area contributed by atoms with Gasteiger partial charge in [0, 0.05) is 0 Å². The molecule has 0 radical (unpaired) electrons. The van der Waals surface area contributed by atoms with Crippen LogP contribution in [0.25, 0.3) is 0 Å². The Balaban J connectivity index is 3.71. The molecule has 0 aliphatic rings. The van der Waals surface area contributed by atoms with Gasteiger partial charge in [-0.1, -0.05) is 52.4 Å². The summed E-state index contributed by atoms with van der Waals surface area (Å²) in [4.78, 5) is 11.4. The molecule has 0 aromatic heterocycles. The van der Waals surface area contributed by atoms with Crippen LogP contribution in [0.1, 0.15) is 78.6 Å². The normalized spacial score (nSPS) is 13.1. The first-order chi connectivity index (χ1) is 9.65. The third kappa shape index (κ3) is 9.88. The van der Waals surface area contributed by atoms with E-state index in [1.165, 1.54) is 57.6 Å². The maximum atomic E-state index is 11.4. The minimum absolute atomic E-state index is 0.299. The van der Waals surface area contributed by atoms with Crippen LogP contribution in [0, 0.1) is 0 Å². The first kappa shape index (κ1) is 19.0. The van der Waals surface area contributed by atoms with Gasteiger partial charge >= 0.3 is 5.97 Å². The van der Waals surface area contributed by atoms with E-state index >= 15 is 0 Å². The van der Waals surface area contributed by atoms with Crippen molar-refractivity contribution < 1.29 is 14.3 Å². The molecule has 0 aliphatic carbocycles. The molecule has 0 spiro atoms. The highest BCUT2D eigenvalue weighted by Crippen LogP contribution is 2.13. The summed E-state index contributed by atoms with van der Waals surface area (Å²) in [5, 5.41) is 0. The molecule has 0 saturated carbocycles. The van der Waals surface area contributed by atoms with Gasteiger partial charge < -0.3 is 9.47 Å². The molecule has 0 aromatic rings. The van der Waals surface area contributed by atoms with Crippen LogP contribution >= 0.6 is 0 Å². The van der Waals surface area contributed by atoms with E-state index in [-0.39, 0.29) is 5.97 Å². The van der Waals surface area contributed by atoms with Gasteiger partial charge in [-0.05, 0) is 31.8 Å². The highest BCUT2D eigenvalue weighted by molar-refractivity contribution is 5.74. The molecule has 118 valence electrons. The van der Waals surface area contributed by atoms with Crippen molar-refractivity contribution in [2.24, 2.45) is 0 Å². The van der Waals surface area contributed by atoms with Gasteiger partial charge in [0.05, 0.1) is 13.4 Å². The van der Waals surface area contributed by atoms with Crippen molar-refractivity contribution in [3.8, 4) is 0 Å². The fourth-order valence-corrected chi connectivity index (χ4v) is 2.07. The van der Waals surface area contributed by atoms with Gasteiger partial charge in [0.25, 0.3) is 0 Å². The summed E-state index contributed by atoms with van der Waals surface area (Å²) in [5.41, 5.74) is 1.20. The number of carbonyl (C=O) groups is 1. The van der Waals surface area contributed by atoms with Crippen molar-refractivity contribution in [3.05, 3.63) is 11.8 Å². The predicted molar refractivity (Wildman–Crippen MR) is 83.5 cm³/mol. The zero-order chi connectivity index (χ0) is 15.2. The summed E-state index contributed by atoms with van der Waals surface area (Å²) in [5.74, 6) is -0.299. The maximum Gasteiger partial charge on any atom is 0.346 e. The standard InChI is InChI=1S/C17H32O3/c1-5-7-8-9-10-11-12-13-15(3)14-20-16(6-2)17(18)19-4/h14,16H,5-13H2,1-4H3. The third-order valence-electron chi connectivity index (χ3n) is 3.44. The summed E-state index contributed by atoms with van der Waals surface area (Å²) in [6.07, 6.45) is 12.1. The fourth-order valence-electron chi connectivity index (χ4n) is 2.07. The summed E-state index contributed by atoms with van der Waals surface area (Å²) in [7, 11) is 1.39. The van der Waals surface area contributed by atoms with Crippen LogP contribution in [0.15, 0.2) is 11.8 Å². The van der Waals surface area contributed by atoms with Gasteiger partial charge in [-0.2, -0.15) is 0 Å². The van der Waals surface area contributed by atoms with Crippen molar-refractivity contribution in [2.75, 3.05) is 7.11 Å². The zero-order valence-corrected chi connectivity index (χ0v) is 13.7. The van der Waals surface area contributed by atoms with Crippen molar-refractivity contribution in [3.63, 3.8) is 0 Å². The number of carbonyl (C=O) groups excluding carboxylic acids is 1. The molecule has 0 amide bonds. The van der Waals surface area contributed by atoms with Crippen LogP contribution in [0.4, 0.5) is 0 Å². The topological polar surface area (TPSA) is 35.5 Å². The number of ether oxygens (including phenoxy) is 2. The Morgan fingerprint density at radius 1 is 1.05 bits per heavy atom. The van der Waals surface area contributed by atoms with Crippen LogP contribution < -0.4 is 0 Å². The number of allylic oxidation sites excluding steroid dienone is 1. The number of methoxy groups -OCH3 is 1. The smallest absolute Gasteiger partial charge is 0.346 e. The van der Waals surface area contributed by atoms with Crippen LogP contribution in [-0.4, -0.2) is 19.2 Å². The molecule has 0 aromatic carbocycles. The van der Waals surface area contributed by atoms with Crippen molar-refractivity contribution in [2.45, 2.75) is 84.7 Å².